The zero-order valence-corrected chi connectivity index (χ0v) is 13.6. The fourth-order valence-electron chi connectivity index (χ4n) is 2.09. The van der Waals surface area contributed by atoms with Gasteiger partial charge in [0.15, 0.2) is 5.16 Å². The highest BCUT2D eigenvalue weighted by Crippen LogP contribution is 2.31. The molecule has 0 N–H and O–H groups in total. The lowest BCUT2D eigenvalue weighted by Crippen LogP contribution is -2.12. The fraction of sp³-hybridized carbons (Fsp3) is 0.267. The molecule has 5 nitrogen and oxygen atoms in total. The third-order valence-electron chi connectivity index (χ3n) is 3.34. The molecule has 24 heavy (non-hydrogen) atoms. The second-order valence-corrected chi connectivity index (χ2v) is 5.98. The summed E-state index contributed by atoms with van der Waals surface area (Å²) in [6.45, 7) is 1.77. The molecule has 0 aliphatic carbocycles. The lowest BCUT2D eigenvalue weighted by Gasteiger charge is -2.05. The minimum Gasteiger partial charge on any atom is -0.441 e. The van der Waals surface area contributed by atoms with Crippen LogP contribution in [0.15, 0.2) is 39.9 Å². The topological polar surface area (TPSA) is 56.7 Å². The van der Waals surface area contributed by atoms with Crippen molar-refractivity contribution in [3.63, 3.8) is 0 Å². The smallest absolute Gasteiger partial charge is 0.441 e. The van der Waals surface area contributed by atoms with Gasteiger partial charge in [-0.3, -0.25) is 0 Å². The molecule has 0 saturated heterocycles. The van der Waals surface area contributed by atoms with Gasteiger partial charge in [-0.25, -0.2) is 4.98 Å². The quantitative estimate of drug-likeness (QED) is 0.661. The average Bonchev–Trinajstić information content (AvgIpc) is 3.09. The summed E-state index contributed by atoms with van der Waals surface area (Å²) in [5.74, 6) is 0.426. The molecule has 0 amide bonds. The number of thioether (sulfide) groups is 1. The van der Waals surface area contributed by atoms with Crippen molar-refractivity contribution < 1.29 is 17.6 Å². The maximum Gasteiger partial charge on any atom is 0.451 e. The first-order valence-corrected chi connectivity index (χ1v) is 7.96. The molecule has 9 heteroatoms. The third kappa shape index (κ3) is 3.30. The first kappa shape index (κ1) is 16.6. The summed E-state index contributed by atoms with van der Waals surface area (Å²) in [4.78, 5) is 4.41. The molecule has 0 aliphatic heterocycles. The Hall–Kier alpha value is -2.29. The van der Waals surface area contributed by atoms with Crippen LogP contribution in [0.4, 0.5) is 13.2 Å². The van der Waals surface area contributed by atoms with E-state index < -0.39 is 12.0 Å². The number of hydrogen-bond acceptors (Lipinski definition) is 5. The van der Waals surface area contributed by atoms with E-state index in [2.05, 4.69) is 15.2 Å². The summed E-state index contributed by atoms with van der Waals surface area (Å²) in [5, 5.41) is 6.96. The van der Waals surface area contributed by atoms with Crippen LogP contribution >= 0.6 is 11.8 Å². The number of aryl methyl sites for hydroxylation is 1. The van der Waals surface area contributed by atoms with E-state index in [-0.39, 0.29) is 5.16 Å². The highest BCUT2D eigenvalue weighted by Gasteiger charge is 2.37. The normalized spacial score (nSPS) is 11.9. The number of benzene rings is 1. The Morgan fingerprint density at radius 2 is 1.88 bits per heavy atom. The Bertz CT molecular complexity index is 842. The molecule has 0 saturated carbocycles. The molecule has 3 aromatic rings. The standard InChI is InChI=1S/C15H13F3N4OS/c1-9-11(19-12(23-9)10-6-4-3-5-7-10)8-24-14-21-20-13(22(14)2)15(16,17)18/h3-7H,8H2,1-2H3. The molecule has 3 rings (SSSR count). The number of nitrogens with zero attached hydrogens (tertiary/aromatic N) is 4. The highest BCUT2D eigenvalue weighted by molar-refractivity contribution is 7.98. The zero-order valence-electron chi connectivity index (χ0n) is 12.8. The molecule has 0 radical (unpaired) electrons. The third-order valence-corrected chi connectivity index (χ3v) is 4.37. The lowest BCUT2D eigenvalue weighted by atomic mass is 10.2. The van der Waals surface area contributed by atoms with Crippen LogP contribution in [0.5, 0.6) is 0 Å². The van der Waals surface area contributed by atoms with Crippen LogP contribution in [-0.2, 0) is 19.0 Å². The van der Waals surface area contributed by atoms with Gasteiger partial charge in [0.25, 0.3) is 0 Å². The van der Waals surface area contributed by atoms with Crippen molar-refractivity contribution in [3.8, 4) is 11.5 Å². The molecule has 1 aromatic carbocycles. The van der Waals surface area contributed by atoms with E-state index in [1.54, 1.807) is 6.92 Å². The Kier molecular flexibility index (Phi) is 4.35. The summed E-state index contributed by atoms with van der Waals surface area (Å²) in [6, 6.07) is 9.40. The number of alkyl halides is 3. The Morgan fingerprint density at radius 1 is 1.17 bits per heavy atom. The maximum absolute atomic E-state index is 12.7. The van der Waals surface area contributed by atoms with Crippen LogP contribution in [-0.4, -0.2) is 19.7 Å². The van der Waals surface area contributed by atoms with E-state index in [1.165, 1.54) is 7.05 Å². The first-order chi connectivity index (χ1) is 11.4. The second-order valence-electron chi connectivity index (χ2n) is 5.04. The Balaban J connectivity index is 1.76. The van der Waals surface area contributed by atoms with Gasteiger partial charge < -0.3 is 8.98 Å². The van der Waals surface area contributed by atoms with Crippen molar-refractivity contribution in [3.05, 3.63) is 47.6 Å². The van der Waals surface area contributed by atoms with Crippen molar-refractivity contribution in [1.82, 2.24) is 19.7 Å². The predicted molar refractivity (Wildman–Crippen MR) is 82.2 cm³/mol. The number of aromatic nitrogens is 4. The molecule has 0 spiro atoms. The van der Waals surface area contributed by atoms with Gasteiger partial charge >= 0.3 is 6.18 Å². The van der Waals surface area contributed by atoms with E-state index in [0.717, 1.165) is 21.9 Å². The van der Waals surface area contributed by atoms with Crippen LogP contribution in [0, 0.1) is 6.92 Å². The maximum atomic E-state index is 12.7. The Labute approximate surface area is 139 Å². The number of rotatable bonds is 4. The molecule has 126 valence electrons. The van der Waals surface area contributed by atoms with Gasteiger partial charge in [-0.05, 0) is 19.1 Å². The second kappa shape index (κ2) is 6.31. The van der Waals surface area contributed by atoms with E-state index in [0.29, 0.717) is 23.1 Å². The summed E-state index contributed by atoms with van der Waals surface area (Å²) >= 11 is 1.13. The van der Waals surface area contributed by atoms with Crippen molar-refractivity contribution >= 4 is 11.8 Å². The van der Waals surface area contributed by atoms with Gasteiger partial charge in [0.05, 0.1) is 5.69 Å². The largest absolute Gasteiger partial charge is 0.451 e. The first-order valence-electron chi connectivity index (χ1n) is 6.97. The molecule has 2 aromatic heterocycles. The summed E-state index contributed by atoms with van der Waals surface area (Å²) in [6.07, 6.45) is -4.52. The minimum atomic E-state index is -4.52. The fourth-order valence-corrected chi connectivity index (χ4v) is 3.00. The number of oxazole rings is 1. The number of hydrogen-bond donors (Lipinski definition) is 0. The molecule has 0 unspecified atom stereocenters. The molecule has 0 aliphatic rings. The van der Waals surface area contributed by atoms with Crippen LogP contribution in [0.3, 0.4) is 0 Å². The molecule has 0 fully saturated rings. The summed E-state index contributed by atoms with van der Waals surface area (Å²) in [7, 11) is 1.29. The van der Waals surface area contributed by atoms with Crippen LogP contribution in [0.2, 0.25) is 0 Å². The van der Waals surface area contributed by atoms with Gasteiger partial charge in [0.2, 0.25) is 11.7 Å². The van der Waals surface area contributed by atoms with Crippen LogP contribution in [0.25, 0.3) is 11.5 Å². The van der Waals surface area contributed by atoms with Gasteiger partial charge in [0.1, 0.15) is 5.76 Å². The summed E-state index contributed by atoms with van der Waals surface area (Å²) in [5.41, 5.74) is 1.50. The van der Waals surface area contributed by atoms with E-state index in [9.17, 15) is 13.2 Å². The van der Waals surface area contributed by atoms with Crippen molar-refractivity contribution in [2.45, 2.75) is 24.0 Å². The van der Waals surface area contributed by atoms with Gasteiger partial charge in [-0.15, -0.1) is 10.2 Å². The minimum absolute atomic E-state index is 0.172. The van der Waals surface area contributed by atoms with Gasteiger partial charge in [-0.2, -0.15) is 13.2 Å². The van der Waals surface area contributed by atoms with Gasteiger partial charge in [0, 0.05) is 18.4 Å². The van der Waals surface area contributed by atoms with E-state index in [4.69, 9.17) is 4.42 Å². The average molecular weight is 354 g/mol. The van der Waals surface area contributed by atoms with Crippen molar-refractivity contribution in [2.24, 2.45) is 7.05 Å². The SMILES string of the molecule is Cc1oc(-c2ccccc2)nc1CSc1nnc(C(F)(F)F)n1C. The molecular formula is C15H13F3N4OS. The predicted octanol–water partition coefficient (Wildman–Crippen LogP) is 4.09. The summed E-state index contributed by atoms with van der Waals surface area (Å²) < 4.78 is 44.7. The molecule has 2 heterocycles. The monoisotopic (exact) mass is 354 g/mol. The molecular weight excluding hydrogens is 341 g/mol. The van der Waals surface area contributed by atoms with Crippen molar-refractivity contribution in [2.75, 3.05) is 0 Å². The van der Waals surface area contributed by atoms with Crippen LogP contribution < -0.4 is 0 Å². The van der Waals surface area contributed by atoms with Gasteiger partial charge in [-0.1, -0.05) is 30.0 Å². The van der Waals surface area contributed by atoms with Crippen molar-refractivity contribution in [1.29, 1.82) is 0 Å². The lowest BCUT2D eigenvalue weighted by molar-refractivity contribution is -0.147. The highest BCUT2D eigenvalue weighted by atomic mass is 32.2. The number of halogens is 3. The Morgan fingerprint density at radius 3 is 2.50 bits per heavy atom. The van der Waals surface area contributed by atoms with E-state index >= 15 is 0 Å². The molecule has 0 bridgehead atoms. The van der Waals surface area contributed by atoms with Crippen LogP contribution in [0.1, 0.15) is 17.3 Å². The van der Waals surface area contributed by atoms with E-state index in [1.807, 2.05) is 30.3 Å². The molecule has 0 atom stereocenters. The zero-order chi connectivity index (χ0) is 17.3.